The largest absolute Gasteiger partial charge is 0.247 e. The molecule has 1 heteroatoms. The summed E-state index contributed by atoms with van der Waals surface area (Å²) >= 11 is 0. The van der Waals surface area contributed by atoms with Crippen LogP contribution in [0.2, 0.25) is 0 Å². The van der Waals surface area contributed by atoms with E-state index in [1.54, 1.807) is 0 Å². The Kier molecular flexibility index (Phi) is 21.7. The Morgan fingerprint density at radius 1 is 0.552 bits per heavy atom. The summed E-state index contributed by atoms with van der Waals surface area (Å²) < 4.78 is 14.4. The Hall–Kier alpha value is -0.590. The quantitative estimate of drug-likeness (QED) is 0.116. The Balaban J connectivity index is 3.69. The molecule has 0 rings (SSSR count). The zero-order chi connectivity index (χ0) is 21.6. The van der Waals surface area contributed by atoms with Gasteiger partial charge >= 0.3 is 0 Å². The van der Waals surface area contributed by atoms with Gasteiger partial charge in [0, 0.05) is 5.92 Å². The Labute approximate surface area is 183 Å². The minimum absolute atomic E-state index is 0.0646. The van der Waals surface area contributed by atoms with Crippen LogP contribution < -0.4 is 0 Å². The van der Waals surface area contributed by atoms with Crippen molar-refractivity contribution >= 4 is 0 Å². The van der Waals surface area contributed by atoms with Crippen LogP contribution in [-0.2, 0) is 0 Å². The summed E-state index contributed by atoms with van der Waals surface area (Å²) in [5, 5.41) is 0. The number of hydrogen-bond donors (Lipinski definition) is 0. The molecule has 0 amide bonds. The summed E-state index contributed by atoms with van der Waals surface area (Å²) in [6, 6.07) is 0. The smallest absolute Gasteiger partial charge is 0.106 e. The molecule has 0 saturated heterocycles. The average Bonchev–Trinajstić information content (AvgIpc) is 2.73. The fraction of sp³-hybridized carbons (Fsp3) is 0.857. The van der Waals surface area contributed by atoms with Crippen LogP contribution in [0, 0.1) is 11.8 Å². The van der Waals surface area contributed by atoms with Crippen LogP contribution >= 0.6 is 0 Å². The lowest BCUT2D eigenvalue weighted by molar-refractivity contribution is 0.228. The number of alkyl halides is 1. The predicted molar refractivity (Wildman–Crippen MR) is 131 cm³/mol. The Morgan fingerprint density at radius 3 is 1.41 bits per heavy atom. The third-order valence-electron chi connectivity index (χ3n) is 6.47. The first-order valence-corrected chi connectivity index (χ1v) is 13.1. The van der Waals surface area contributed by atoms with Crippen molar-refractivity contribution in [2.75, 3.05) is 0 Å². The molecule has 0 fully saturated rings. The van der Waals surface area contributed by atoms with E-state index in [4.69, 9.17) is 0 Å². The molecule has 0 nitrogen and oxygen atoms in total. The van der Waals surface area contributed by atoms with E-state index in [9.17, 15) is 4.39 Å². The van der Waals surface area contributed by atoms with Crippen molar-refractivity contribution in [3.05, 3.63) is 25.3 Å². The van der Waals surface area contributed by atoms with Crippen LogP contribution in [0.1, 0.15) is 136 Å². The molecule has 0 aromatic rings. The second-order valence-electron chi connectivity index (χ2n) is 9.16. The van der Waals surface area contributed by atoms with Gasteiger partial charge in [-0.1, -0.05) is 122 Å². The van der Waals surface area contributed by atoms with Crippen molar-refractivity contribution in [3.8, 4) is 0 Å². The van der Waals surface area contributed by atoms with E-state index in [0.717, 1.165) is 25.7 Å². The van der Waals surface area contributed by atoms with Crippen LogP contribution in [0.3, 0.4) is 0 Å². The highest BCUT2D eigenvalue weighted by Crippen LogP contribution is 2.24. The second kappa shape index (κ2) is 22.1. The van der Waals surface area contributed by atoms with Crippen molar-refractivity contribution in [1.29, 1.82) is 0 Å². The zero-order valence-electron chi connectivity index (χ0n) is 20.1. The monoisotopic (exact) mass is 408 g/mol. The third-order valence-corrected chi connectivity index (χ3v) is 6.47. The second-order valence-corrected chi connectivity index (χ2v) is 9.16. The highest BCUT2D eigenvalue weighted by atomic mass is 19.1. The van der Waals surface area contributed by atoms with E-state index in [0.29, 0.717) is 5.92 Å². The van der Waals surface area contributed by atoms with Crippen molar-refractivity contribution < 1.29 is 4.39 Å². The van der Waals surface area contributed by atoms with E-state index < -0.39 is 6.17 Å². The van der Waals surface area contributed by atoms with E-state index in [-0.39, 0.29) is 5.92 Å². The molecule has 0 radical (unpaired) electrons. The van der Waals surface area contributed by atoms with Gasteiger partial charge in [0.2, 0.25) is 0 Å². The maximum atomic E-state index is 14.4. The molecule has 172 valence electrons. The summed E-state index contributed by atoms with van der Waals surface area (Å²) in [5.74, 6) is 0.764. The SMILES string of the molecule is C=CC(CCCCCCCC)CCCCCCC(C=C)C(F)CCCCCCC. The summed E-state index contributed by atoms with van der Waals surface area (Å²) in [4.78, 5) is 0. The lowest BCUT2D eigenvalue weighted by Crippen LogP contribution is -2.13. The van der Waals surface area contributed by atoms with Crippen LogP contribution in [0.4, 0.5) is 4.39 Å². The van der Waals surface area contributed by atoms with Crippen LogP contribution in [-0.4, -0.2) is 6.17 Å². The molecule has 0 aliphatic rings. The minimum Gasteiger partial charge on any atom is -0.247 e. The van der Waals surface area contributed by atoms with Crippen molar-refractivity contribution in [2.45, 2.75) is 142 Å². The molecule has 0 spiro atoms. The van der Waals surface area contributed by atoms with Gasteiger partial charge in [-0.25, -0.2) is 4.39 Å². The number of allylic oxidation sites excluding steroid dienone is 2. The first kappa shape index (κ1) is 28.4. The third kappa shape index (κ3) is 17.9. The highest BCUT2D eigenvalue weighted by molar-refractivity contribution is 4.85. The van der Waals surface area contributed by atoms with Gasteiger partial charge in [-0.05, 0) is 31.6 Å². The summed E-state index contributed by atoms with van der Waals surface area (Å²) in [6.45, 7) is 12.4. The van der Waals surface area contributed by atoms with Gasteiger partial charge in [-0.15, -0.1) is 13.2 Å². The molecule has 0 aliphatic heterocycles. The molecule has 3 atom stereocenters. The van der Waals surface area contributed by atoms with Crippen molar-refractivity contribution in [2.24, 2.45) is 11.8 Å². The molecular weight excluding hydrogens is 355 g/mol. The van der Waals surface area contributed by atoms with Crippen LogP contribution in [0.5, 0.6) is 0 Å². The van der Waals surface area contributed by atoms with Crippen LogP contribution in [0.25, 0.3) is 0 Å². The fourth-order valence-corrected chi connectivity index (χ4v) is 4.31. The average molecular weight is 409 g/mol. The van der Waals surface area contributed by atoms with Gasteiger partial charge in [0.25, 0.3) is 0 Å². The molecule has 29 heavy (non-hydrogen) atoms. The molecule has 0 aliphatic carbocycles. The standard InChI is InChI=1S/C28H53F/c1-5-9-11-13-15-18-22-26(7-3)23-19-16-17-20-24-27(8-4)28(29)25-21-14-12-10-6-2/h7-8,26-28H,3-6,9-25H2,1-2H3. The highest BCUT2D eigenvalue weighted by Gasteiger charge is 2.17. The van der Waals surface area contributed by atoms with Gasteiger partial charge in [0.05, 0.1) is 0 Å². The Morgan fingerprint density at radius 2 is 0.966 bits per heavy atom. The number of rotatable bonds is 23. The molecule has 0 aromatic carbocycles. The lowest BCUT2D eigenvalue weighted by Gasteiger charge is -2.17. The first-order chi connectivity index (χ1) is 14.2. The number of halogens is 1. The fourth-order valence-electron chi connectivity index (χ4n) is 4.31. The molecule has 0 bridgehead atoms. The number of unbranched alkanes of at least 4 members (excludes halogenated alkanes) is 12. The van der Waals surface area contributed by atoms with Gasteiger partial charge in [-0.3, -0.25) is 0 Å². The van der Waals surface area contributed by atoms with E-state index in [1.165, 1.54) is 96.3 Å². The van der Waals surface area contributed by atoms with E-state index in [2.05, 4.69) is 33.1 Å². The van der Waals surface area contributed by atoms with Crippen molar-refractivity contribution in [1.82, 2.24) is 0 Å². The van der Waals surface area contributed by atoms with Crippen molar-refractivity contribution in [3.63, 3.8) is 0 Å². The van der Waals surface area contributed by atoms with Gasteiger partial charge in [-0.2, -0.15) is 0 Å². The minimum atomic E-state index is -0.684. The van der Waals surface area contributed by atoms with Gasteiger partial charge < -0.3 is 0 Å². The van der Waals surface area contributed by atoms with Crippen LogP contribution in [0.15, 0.2) is 25.3 Å². The maximum absolute atomic E-state index is 14.4. The topological polar surface area (TPSA) is 0 Å². The summed E-state index contributed by atoms with van der Waals surface area (Å²) in [5.41, 5.74) is 0. The maximum Gasteiger partial charge on any atom is 0.106 e. The normalized spacial score (nSPS) is 14.4. The summed E-state index contributed by atoms with van der Waals surface area (Å²) in [6.07, 6.45) is 26.9. The number of hydrogen-bond acceptors (Lipinski definition) is 0. The molecule has 0 saturated carbocycles. The Bertz CT molecular complexity index is 348. The molecule has 3 unspecified atom stereocenters. The van der Waals surface area contributed by atoms with Gasteiger partial charge in [0.1, 0.15) is 6.17 Å². The molecular formula is C28H53F. The van der Waals surface area contributed by atoms with Gasteiger partial charge in [0.15, 0.2) is 0 Å². The molecule has 0 heterocycles. The predicted octanol–water partition coefficient (Wildman–Crippen LogP) is 10.4. The molecule has 0 N–H and O–H groups in total. The first-order valence-electron chi connectivity index (χ1n) is 13.1. The van der Waals surface area contributed by atoms with E-state index >= 15 is 0 Å². The molecule has 0 aromatic heterocycles. The zero-order valence-corrected chi connectivity index (χ0v) is 20.1. The lowest BCUT2D eigenvalue weighted by atomic mass is 9.91. The van der Waals surface area contributed by atoms with E-state index in [1.807, 2.05) is 6.08 Å². The summed E-state index contributed by atoms with van der Waals surface area (Å²) in [7, 11) is 0.